The number of hydrogen-bond donors (Lipinski definition) is 1. The van der Waals surface area contributed by atoms with Gasteiger partial charge in [-0.25, -0.2) is 0 Å². The molecule has 0 rings (SSSR count). The van der Waals surface area contributed by atoms with E-state index in [-0.39, 0.29) is 0 Å². The van der Waals surface area contributed by atoms with Crippen LogP contribution in [0.15, 0.2) is 12.7 Å². The van der Waals surface area contributed by atoms with Gasteiger partial charge in [-0.05, 0) is 19.8 Å². The van der Waals surface area contributed by atoms with Gasteiger partial charge in [0.2, 0.25) is 0 Å². The highest BCUT2D eigenvalue weighted by molar-refractivity contribution is 5.62. The maximum absolute atomic E-state index is 10.2. The van der Waals surface area contributed by atoms with Crippen LogP contribution in [0.1, 0.15) is 19.8 Å². The lowest BCUT2D eigenvalue weighted by atomic mass is 10.00. The fourth-order valence-electron chi connectivity index (χ4n) is 0.472. The Balaban J connectivity index is 3.57. The summed E-state index contributed by atoms with van der Waals surface area (Å²) in [6.07, 6.45) is 4.01. The molecule has 0 aliphatic rings. The predicted molar refractivity (Wildman–Crippen MR) is 38.1 cm³/mol. The van der Waals surface area contributed by atoms with Crippen molar-refractivity contribution < 1.29 is 4.79 Å². The van der Waals surface area contributed by atoms with Crippen molar-refractivity contribution in [1.82, 2.24) is 0 Å². The van der Waals surface area contributed by atoms with Crippen molar-refractivity contribution in [2.24, 2.45) is 5.73 Å². The van der Waals surface area contributed by atoms with Crippen LogP contribution in [0.25, 0.3) is 0 Å². The van der Waals surface area contributed by atoms with Crippen LogP contribution in [-0.2, 0) is 4.79 Å². The van der Waals surface area contributed by atoms with E-state index in [1.54, 1.807) is 13.0 Å². The number of hydrogen-bond acceptors (Lipinski definition) is 2. The molecule has 0 aromatic heterocycles. The highest BCUT2D eigenvalue weighted by Gasteiger charge is 2.14. The highest BCUT2D eigenvalue weighted by Crippen LogP contribution is 2.04. The average molecular weight is 127 g/mol. The second-order valence-electron chi connectivity index (χ2n) is 2.45. The molecule has 0 aliphatic carbocycles. The van der Waals surface area contributed by atoms with Crippen LogP contribution in [-0.4, -0.2) is 11.8 Å². The van der Waals surface area contributed by atoms with Crippen molar-refractivity contribution in [2.75, 3.05) is 0 Å². The van der Waals surface area contributed by atoms with Crippen LogP contribution < -0.4 is 5.73 Å². The normalized spacial score (nSPS) is 16.2. The molecule has 1 unspecified atom stereocenters. The Bertz CT molecular complexity index is 107. The molecular formula is C7H13NO. The van der Waals surface area contributed by atoms with Gasteiger partial charge in [-0.3, -0.25) is 0 Å². The Morgan fingerprint density at radius 1 is 1.78 bits per heavy atom. The topological polar surface area (TPSA) is 43.1 Å². The van der Waals surface area contributed by atoms with E-state index in [0.717, 1.165) is 12.7 Å². The molecule has 52 valence electrons. The Labute approximate surface area is 55.7 Å². The first-order valence-electron chi connectivity index (χ1n) is 2.98. The van der Waals surface area contributed by atoms with Gasteiger partial charge in [0.05, 0.1) is 5.54 Å². The van der Waals surface area contributed by atoms with Gasteiger partial charge in [-0.15, -0.1) is 6.58 Å². The maximum atomic E-state index is 10.2. The first kappa shape index (κ1) is 8.37. The van der Waals surface area contributed by atoms with Gasteiger partial charge in [0, 0.05) is 0 Å². The minimum Gasteiger partial charge on any atom is -0.319 e. The molecule has 9 heavy (non-hydrogen) atoms. The van der Waals surface area contributed by atoms with Gasteiger partial charge in [0.15, 0.2) is 0 Å². The summed E-state index contributed by atoms with van der Waals surface area (Å²) in [5.41, 5.74) is 4.83. The third-order valence-corrected chi connectivity index (χ3v) is 1.16. The summed E-state index contributed by atoms with van der Waals surface area (Å²) in [5.74, 6) is 0. The fourth-order valence-corrected chi connectivity index (χ4v) is 0.472. The molecule has 0 spiro atoms. The van der Waals surface area contributed by atoms with Crippen molar-refractivity contribution in [3.05, 3.63) is 12.7 Å². The number of rotatable bonds is 4. The lowest BCUT2D eigenvalue weighted by Gasteiger charge is -2.14. The quantitative estimate of drug-likeness (QED) is 0.449. The molecule has 0 bridgehead atoms. The van der Waals surface area contributed by atoms with Crippen LogP contribution in [0, 0.1) is 0 Å². The number of carbonyl (C=O) groups excluding carboxylic acids is 1. The van der Waals surface area contributed by atoms with E-state index >= 15 is 0 Å². The zero-order valence-electron chi connectivity index (χ0n) is 5.76. The standard InChI is InChI=1S/C7H13NO/c1-3-4-5-7(2,8)6-9/h3,6H,1,4-5,8H2,2H3. The van der Waals surface area contributed by atoms with E-state index in [4.69, 9.17) is 5.73 Å². The van der Waals surface area contributed by atoms with Crippen molar-refractivity contribution in [3.8, 4) is 0 Å². The predicted octanol–water partition coefficient (Wildman–Crippen LogP) is 0.869. The Morgan fingerprint density at radius 3 is 2.67 bits per heavy atom. The Kier molecular flexibility index (Phi) is 3.17. The van der Waals surface area contributed by atoms with Gasteiger partial charge in [0.25, 0.3) is 0 Å². The number of aldehydes is 1. The molecular weight excluding hydrogens is 114 g/mol. The summed E-state index contributed by atoms with van der Waals surface area (Å²) in [7, 11) is 0. The largest absolute Gasteiger partial charge is 0.319 e. The Hall–Kier alpha value is -0.630. The SMILES string of the molecule is C=CCCC(C)(N)C=O. The van der Waals surface area contributed by atoms with Crippen molar-refractivity contribution >= 4 is 6.29 Å². The van der Waals surface area contributed by atoms with E-state index in [2.05, 4.69) is 6.58 Å². The average Bonchev–Trinajstić information content (AvgIpc) is 1.84. The monoisotopic (exact) mass is 127 g/mol. The zero-order valence-corrected chi connectivity index (χ0v) is 5.76. The number of carbonyl (C=O) groups is 1. The first-order chi connectivity index (χ1) is 4.12. The lowest BCUT2D eigenvalue weighted by molar-refractivity contribution is -0.111. The maximum Gasteiger partial charge on any atom is 0.139 e. The van der Waals surface area contributed by atoms with E-state index in [1.165, 1.54) is 0 Å². The minimum atomic E-state index is -0.659. The Morgan fingerprint density at radius 2 is 2.33 bits per heavy atom. The summed E-state index contributed by atoms with van der Waals surface area (Å²) in [5, 5.41) is 0. The third kappa shape index (κ3) is 3.91. The van der Waals surface area contributed by atoms with Crippen molar-refractivity contribution in [3.63, 3.8) is 0 Å². The van der Waals surface area contributed by atoms with Crippen LogP contribution in [0.3, 0.4) is 0 Å². The van der Waals surface area contributed by atoms with Gasteiger partial charge >= 0.3 is 0 Å². The molecule has 0 radical (unpaired) electrons. The lowest BCUT2D eigenvalue weighted by Crippen LogP contribution is -2.37. The molecule has 1 atom stereocenters. The van der Waals surface area contributed by atoms with Crippen LogP contribution >= 0.6 is 0 Å². The van der Waals surface area contributed by atoms with Gasteiger partial charge in [-0.1, -0.05) is 6.08 Å². The second-order valence-corrected chi connectivity index (χ2v) is 2.45. The fraction of sp³-hybridized carbons (Fsp3) is 0.571. The van der Waals surface area contributed by atoms with Crippen molar-refractivity contribution in [2.45, 2.75) is 25.3 Å². The number of nitrogens with two attached hydrogens (primary N) is 1. The molecule has 0 saturated heterocycles. The highest BCUT2D eigenvalue weighted by atomic mass is 16.1. The van der Waals surface area contributed by atoms with Crippen molar-refractivity contribution in [1.29, 1.82) is 0 Å². The van der Waals surface area contributed by atoms with E-state index in [0.29, 0.717) is 6.42 Å². The third-order valence-electron chi connectivity index (χ3n) is 1.16. The second kappa shape index (κ2) is 3.41. The van der Waals surface area contributed by atoms with E-state index in [1.807, 2.05) is 0 Å². The molecule has 0 aliphatic heterocycles. The molecule has 2 nitrogen and oxygen atoms in total. The molecule has 0 amide bonds. The van der Waals surface area contributed by atoms with E-state index in [9.17, 15) is 4.79 Å². The summed E-state index contributed by atoms with van der Waals surface area (Å²) < 4.78 is 0. The van der Waals surface area contributed by atoms with Crippen LogP contribution in [0.2, 0.25) is 0 Å². The molecule has 0 aromatic carbocycles. The summed E-state index contributed by atoms with van der Waals surface area (Å²) in [6, 6.07) is 0. The van der Waals surface area contributed by atoms with Crippen LogP contribution in [0.5, 0.6) is 0 Å². The molecule has 2 N–H and O–H groups in total. The van der Waals surface area contributed by atoms with Gasteiger partial charge in [-0.2, -0.15) is 0 Å². The summed E-state index contributed by atoms with van der Waals surface area (Å²) in [4.78, 5) is 10.2. The van der Waals surface area contributed by atoms with E-state index < -0.39 is 5.54 Å². The van der Waals surface area contributed by atoms with Crippen LogP contribution in [0.4, 0.5) is 0 Å². The van der Waals surface area contributed by atoms with Gasteiger partial charge < -0.3 is 10.5 Å². The molecule has 0 aromatic rings. The first-order valence-corrected chi connectivity index (χ1v) is 2.98. The number of allylic oxidation sites excluding steroid dienone is 1. The molecule has 0 fully saturated rings. The molecule has 0 saturated carbocycles. The summed E-state index contributed by atoms with van der Waals surface area (Å²) >= 11 is 0. The molecule has 0 heterocycles. The van der Waals surface area contributed by atoms with Gasteiger partial charge in [0.1, 0.15) is 6.29 Å². The molecule has 2 heteroatoms. The summed E-state index contributed by atoms with van der Waals surface area (Å²) in [6.45, 7) is 5.24. The smallest absolute Gasteiger partial charge is 0.139 e. The minimum absolute atomic E-state index is 0.659. The zero-order chi connectivity index (χ0) is 7.33.